The highest BCUT2D eigenvalue weighted by Crippen LogP contribution is 2.26. The van der Waals surface area contributed by atoms with Crippen LogP contribution in [-0.4, -0.2) is 19.2 Å². The first-order valence-electron chi connectivity index (χ1n) is 3.85. The van der Waals surface area contributed by atoms with Crippen molar-refractivity contribution in [3.05, 3.63) is 23.8 Å². The van der Waals surface area contributed by atoms with E-state index in [1.165, 1.54) is 0 Å². The molecule has 0 saturated heterocycles. The van der Waals surface area contributed by atoms with Crippen molar-refractivity contribution in [1.82, 2.24) is 0 Å². The van der Waals surface area contributed by atoms with Crippen molar-refractivity contribution in [2.24, 2.45) is 5.73 Å². The van der Waals surface area contributed by atoms with E-state index in [9.17, 15) is 5.11 Å². The van der Waals surface area contributed by atoms with Crippen LogP contribution >= 0.6 is 0 Å². The Balaban J connectivity index is 3.18. The molecule has 0 unspecified atom stereocenters. The molecule has 0 heterocycles. The highest BCUT2D eigenvalue weighted by Gasteiger charge is 2.06. The number of benzene rings is 1. The topological polar surface area (TPSA) is 49.5 Å². The molecule has 0 aliphatic rings. The minimum atomic E-state index is 0.267. The van der Waals surface area contributed by atoms with Gasteiger partial charge in [-0.05, 0) is 12.1 Å². The largest absolute Gasteiger partial charge is 0.508 e. The van der Waals surface area contributed by atoms with Crippen LogP contribution in [0, 0.1) is 0 Å². The van der Waals surface area contributed by atoms with E-state index in [0.717, 1.165) is 11.3 Å². The van der Waals surface area contributed by atoms with Crippen LogP contribution in [0.5, 0.6) is 5.75 Å². The molecule has 1 aromatic carbocycles. The Bertz CT molecular complexity index is 271. The highest BCUT2D eigenvalue weighted by atomic mass is 16.3. The van der Waals surface area contributed by atoms with Gasteiger partial charge in [0.15, 0.2) is 0 Å². The smallest absolute Gasteiger partial charge is 0.122 e. The molecule has 3 heteroatoms. The number of nitrogens with zero attached hydrogens (tertiary/aromatic N) is 1. The molecular formula is C9H14N2O. The summed E-state index contributed by atoms with van der Waals surface area (Å²) >= 11 is 0. The fourth-order valence-electron chi connectivity index (χ4n) is 1.19. The summed E-state index contributed by atoms with van der Waals surface area (Å²) in [5.41, 5.74) is 7.27. The highest BCUT2D eigenvalue weighted by molar-refractivity contribution is 5.57. The van der Waals surface area contributed by atoms with Crippen LogP contribution in [0.25, 0.3) is 0 Å². The lowest BCUT2D eigenvalue weighted by atomic mass is 10.1. The molecule has 3 N–H and O–H groups in total. The number of aromatic hydroxyl groups is 1. The van der Waals surface area contributed by atoms with Crippen molar-refractivity contribution < 1.29 is 5.11 Å². The number of nitrogens with two attached hydrogens (primary N) is 1. The molecule has 3 nitrogen and oxygen atoms in total. The second-order valence-corrected chi connectivity index (χ2v) is 2.87. The summed E-state index contributed by atoms with van der Waals surface area (Å²) < 4.78 is 0. The molecule has 0 bridgehead atoms. The van der Waals surface area contributed by atoms with E-state index >= 15 is 0 Å². The van der Waals surface area contributed by atoms with Gasteiger partial charge in [-0.15, -0.1) is 0 Å². The van der Waals surface area contributed by atoms with Crippen molar-refractivity contribution >= 4 is 5.69 Å². The lowest BCUT2D eigenvalue weighted by molar-refractivity contribution is 0.468. The van der Waals surface area contributed by atoms with Crippen molar-refractivity contribution in [2.75, 3.05) is 19.0 Å². The third-order valence-electron chi connectivity index (χ3n) is 1.81. The zero-order chi connectivity index (χ0) is 9.14. The molecule has 1 aromatic rings. The average Bonchev–Trinajstić information content (AvgIpc) is 2.03. The molecule has 66 valence electrons. The Labute approximate surface area is 72.4 Å². The molecule has 0 atom stereocenters. The van der Waals surface area contributed by atoms with Gasteiger partial charge in [0.05, 0.1) is 0 Å². The Hall–Kier alpha value is -1.22. The molecule has 0 aromatic heterocycles. The van der Waals surface area contributed by atoms with Gasteiger partial charge in [0.1, 0.15) is 5.75 Å². The van der Waals surface area contributed by atoms with Gasteiger partial charge in [-0.25, -0.2) is 0 Å². The third kappa shape index (κ3) is 1.51. The number of anilines is 1. The molecular weight excluding hydrogens is 152 g/mol. The number of hydrogen-bond donors (Lipinski definition) is 2. The van der Waals surface area contributed by atoms with Gasteiger partial charge >= 0.3 is 0 Å². The van der Waals surface area contributed by atoms with E-state index in [0.29, 0.717) is 6.54 Å². The number of phenolic OH excluding ortho intramolecular Hbond substituents is 1. The molecule has 0 fully saturated rings. The minimum absolute atomic E-state index is 0.267. The summed E-state index contributed by atoms with van der Waals surface area (Å²) in [5.74, 6) is 0.267. The quantitative estimate of drug-likeness (QED) is 0.686. The van der Waals surface area contributed by atoms with Crippen LogP contribution in [-0.2, 0) is 6.54 Å². The zero-order valence-corrected chi connectivity index (χ0v) is 7.41. The van der Waals surface area contributed by atoms with Gasteiger partial charge in [0.25, 0.3) is 0 Å². The predicted molar refractivity (Wildman–Crippen MR) is 50.3 cm³/mol. The van der Waals surface area contributed by atoms with Gasteiger partial charge in [-0.2, -0.15) is 0 Å². The van der Waals surface area contributed by atoms with E-state index < -0.39 is 0 Å². The van der Waals surface area contributed by atoms with Crippen LogP contribution in [0.1, 0.15) is 5.56 Å². The van der Waals surface area contributed by atoms with Crippen LogP contribution in [0.2, 0.25) is 0 Å². The Morgan fingerprint density at radius 1 is 1.42 bits per heavy atom. The SMILES string of the molecule is CN(C)c1cccc(O)c1CN. The first kappa shape index (κ1) is 8.87. The molecule has 1 rings (SSSR count). The molecule has 12 heavy (non-hydrogen) atoms. The van der Waals surface area contributed by atoms with Crippen LogP contribution < -0.4 is 10.6 Å². The lowest BCUT2D eigenvalue weighted by Crippen LogP contribution is -2.12. The Morgan fingerprint density at radius 2 is 2.08 bits per heavy atom. The summed E-state index contributed by atoms with van der Waals surface area (Å²) in [4.78, 5) is 1.93. The molecule has 0 amide bonds. The second-order valence-electron chi connectivity index (χ2n) is 2.87. The molecule has 0 aliphatic heterocycles. The van der Waals surface area contributed by atoms with Gasteiger partial charge in [-0.1, -0.05) is 6.07 Å². The van der Waals surface area contributed by atoms with Gasteiger partial charge in [0, 0.05) is 31.9 Å². The van der Waals surface area contributed by atoms with Crippen molar-refractivity contribution in [2.45, 2.75) is 6.54 Å². The van der Waals surface area contributed by atoms with E-state index in [2.05, 4.69) is 0 Å². The molecule has 0 spiro atoms. The summed E-state index contributed by atoms with van der Waals surface area (Å²) in [5, 5.41) is 9.43. The van der Waals surface area contributed by atoms with E-state index in [-0.39, 0.29) is 5.75 Å². The van der Waals surface area contributed by atoms with E-state index in [1.807, 2.05) is 31.1 Å². The molecule has 0 saturated carbocycles. The maximum absolute atomic E-state index is 9.43. The maximum Gasteiger partial charge on any atom is 0.122 e. The standard InChI is InChI=1S/C9H14N2O/c1-11(2)8-4-3-5-9(12)7(8)6-10/h3-5,12H,6,10H2,1-2H3. The van der Waals surface area contributed by atoms with Crippen molar-refractivity contribution in [3.8, 4) is 5.75 Å². The number of hydrogen-bond acceptors (Lipinski definition) is 3. The Kier molecular flexibility index (Phi) is 2.55. The van der Waals surface area contributed by atoms with Gasteiger partial charge in [-0.3, -0.25) is 0 Å². The second kappa shape index (κ2) is 3.45. The number of rotatable bonds is 2. The lowest BCUT2D eigenvalue weighted by Gasteiger charge is -2.17. The summed E-state index contributed by atoms with van der Waals surface area (Å²) in [6.07, 6.45) is 0. The van der Waals surface area contributed by atoms with Crippen LogP contribution in [0.4, 0.5) is 5.69 Å². The van der Waals surface area contributed by atoms with Crippen molar-refractivity contribution in [3.63, 3.8) is 0 Å². The normalized spacial score (nSPS) is 9.92. The summed E-state index contributed by atoms with van der Waals surface area (Å²) in [6, 6.07) is 5.39. The van der Waals surface area contributed by atoms with E-state index in [4.69, 9.17) is 5.73 Å². The Morgan fingerprint density at radius 3 is 2.50 bits per heavy atom. The first-order chi connectivity index (χ1) is 5.66. The fourth-order valence-corrected chi connectivity index (χ4v) is 1.19. The van der Waals surface area contributed by atoms with Crippen LogP contribution in [0.15, 0.2) is 18.2 Å². The summed E-state index contributed by atoms with van der Waals surface area (Å²) in [7, 11) is 3.85. The monoisotopic (exact) mass is 166 g/mol. The molecule has 0 aliphatic carbocycles. The van der Waals surface area contributed by atoms with Crippen LogP contribution in [0.3, 0.4) is 0 Å². The zero-order valence-electron chi connectivity index (χ0n) is 7.41. The summed E-state index contributed by atoms with van der Waals surface area (Å²) in [6.45, 7) is 0.361. The molecule has 0 radical (unpaired) electrons. The number of phenols is 1. The van der Waals surface area contributed by atoms with E-state index in [1.54, 1.807) is 6.07 Å². The fraction of sp³-hybridized carbons (Fsp3) is 0.333. The predicted octanol–water partition coefficient (Wildman–Crippen LogP) is 0.917. The van der Waals surface area contributed by atoms with Crippen molar-refractivity contribution in [1.29, 1.82) is 0 Å². The minimum Gasteiger partial charge on any atom is -0.508 e. The van der Waals surface area contributed by atoms with Gasteiger partial charge in [0.2, 0.25) is 0 Å². The third-order valence-corrected chi connectivity index (χ3v) is 1.81. The first-order valence-corrected chi connectivity index (χ1v) is 3.85. The average molecular weight is 166 g/mol. The van der Waals surface area contributed by atoms with Gasteiger partial charge < -0.3 is 15.7 Å². The maximum atomic E-state index is 9.43.